The zero-order valence-electron chi connectivity index (χ0n) is 7.22. The van der Waals surface area contributed by atoms with Crippen LogP contribution in [0, 0.1) is 5.92 Å². The zero-order chi connectivity index (χ0) is 7.78. The van der Waals surface area contributed by atoms with Gasteiger partial charge in [-0.1, -0.05) is 13.3 Å². The molecule has 0 aromatic heterocycles. The lowest BCUT2D eigenvalue weighted by Gasteiger charge is -2.24. The normalized spacial score (nSPS) is 42.6. The van der Waals surface area contributed by atoms with Crippen LogP contribution in [0.4, 0.5) is 0 Å². The summed E-state index contributed by atoms with van der Waals surface area (Å²) < 4.78 is 0. The van der Waals surface area contributed by atoms with E-state index < -0.39 is 0 Å². The Morgan fingerprint density at radius 2 is 2.30 bits per heavy atom. The number of hydrogen-bond acceptors (Lipinski definition) is 2. The summed E-state index contributed by atoms with van der Waals surface area (Å²) in [5.74, 6) is 0.692. The van der Waals surface area contributed by atoms with Gasteiger partial charge in [-0.25, -0.2) is 0 Å². The molecule has 1 saturated heterocycles. The van der Waals surface area contributed by atoms with E-state index in [-0.39, 0.29) is 5.54 Å². The summed E-state index contributed by atoms with van der Waals surface area (Å²) in [5.41, 5.74) is 6.14. The van der Waals surface area contributed by atoms with E-state index in [2.05, 4.69) is 25.8 Å². The van der Waals surface area contributed by atoms with Gasteiger partial charge in [0.15, 0.2) is 0 Å². The van der Waals surface area contributed by atoms with Gasteiger partial charge in [-0.05, 0) is 19.9 Å². The molecule has 2 atom stereocenters. The minimum Gasteiger partial charge on any atom is -0.324 e. The van der Waals surface area contributed by atoms with Crippen LogP contribution in [0.3, 0.4) is 0 Å². The van der Waals surface area contributed by atoms with Crippen molar-refractivity contribution in [2.75, 3.05) is 20.1 Å². The van der Waals surface area contributed by atoms with Crippen molar-refractivity contribution in [3.63, 3.8) is 0 Å². The van der Waals surface area contributed by atoms with Crippen LogP contribution < -0.4 is 5.73 Å². The van der Waals surface area contributed by atoms with Crippen LogP contribution in [0.25, 0.3) is 0 Å². The van der Waals surface area contributed by atoms with Crippen molar-refractivity contribution < 1.29 is 0 Å². The van der Waals surface area contributed by atoms with E-state index in [0.29, 0.717) is 5.92 Å². The molecule has 0 radical (unpaired) electrons. The fraction of sp³-hybridized carbons (Fsp3) is 1.00. The van der Waals surface area contributed by atoms with Gasteiger partial charge < -0.3 is 10.6 Å². The zero-order valence-corrected chi connectivity index (χ0v) is 7.22. The van der Waals surface area contributed by atoms with Crippen LogP contribution in [0.15, 0.2) is 0 Å². The Labute approximate surface area is 63.4 Å². The van der Waals surface area contributed by atoms with Crippen LogP contribution in [0.1, 0.15) is 20.3 Å². The van der Waals surface area contributed by atoms with Gasteiger partial charge in [0, 0.05) is 18.6 Å². The number of hydrogen-bond donors (Lipinski definition) is 1. The van der Waals surface area contributed by atoms with Crippen molar-refractivity contribution in [2.45, 2.75) is 25.8 Å². The van der Waals surface area contributed by atoms with Gasteiger partial charge in [0.25, 0.3) is 0 Å². The minimum absolute atomic E-state index is 0.0590. The molecule has 1 aliphatic rings. The lowest BCUT2D eigenvalue weighted by molar-refractivity contribution is 0.364. The number of nitrogens with zero attached hydrogens (tertiary/aromatic N) is 1. The molecule has 0 bridgehead atoms. The van der Waals surface area contributed by atoms with Gasteiger partial charge in [0.1, 0.15) is 0 Å². The molecule has 2 nitrogen and oxygen atoms in total. The topological polar surface area (TPSA) is 29.3 Å². The highest BCUT2D eigenvalue weighted by Crippen LogP contribution is 2.25. The maximum absolute atomic E-state index is 6.08. The van der Waals surface area contributed by atoms with Crippen molar-refractivity contribution in [2.24, 2.45) is 11.7 Å². The van der Waals surface area contributed by atoms with Crippen molar-refractivity contribution in [3.05, 3.63) is 0 Å². The largest absolute Gasteiger partial charge is 0.324 e. The van der Waals surface area contributed by atoms with Crippen LogP contribution in [-0.4, -0.2) is 30.6 Å². The van der Waals surface area contributed by atoms with Crippen LogP contribution >= 0.6 is 0 Å². The molecule has 0 spiro atoms. The summed E-state index contributed by atoms with van der Waals surface area (Å²) in [5, 5.41) is 0. The molecule has 1 unspecified atom stereocenters. The summed E-state index contributed by atoms with van der Waals surface area (Å²) in [6, 6.07) is 0. The molecular weight excluding hydrogens is 124 g/mol. The highest BCUT2D eigenvalue weighted by molar-refractivity contribution is 4.95. The van der Waals surface area contributed by atoms with E-state index in [1.807, 2.05) is 0 Å². The number of likely N-dealkylation sites (N-methyl/N-ethyl adjacent to an activating group) is 1. The highest BCUT2D eigenvalue weighted by Gasteiger charge is 2.36. The fourth-order valence-electron chi connectivity index (χ4n) is 1.96. The van der Waals surface area contributed by atoms with Crippen molar-refractivity contribution in [1.29, 1.82) is 0 Å². The molecule has 0 aliphatic carbocycles. The van der Waals surface area contributed by atoms with Gasteiger partial charge in [0.05, 0.1) is 0 Å². The maximum atomic E-state index is 6.08. The van der Waals surface area contributed by atoms with Gasteiger partial charge >= 0.3 is 0 Å². The predicted molar refractivity (Wildman–Crippen MR) is 43.9 cm³/mol. The van der Waals surface area contributed by atoms with Crippen LogP contribution in [-0.2, 0) is 0 Å². The smallest absolute Gasteiger partial charge is 0.0295 e. The van der Waals surface area contributed by atoms with Gasteiger partial charge in [-0.3, -0.25) is 0 Å². The Morgan fingerprint density at radius 3 is 2.50 bits per heavy atom. The summed E-state index contributed by atoms with van der Waals surface area (Å²) in [7, 11) is 2.14. The average molecular weight is 142 g/mol. The van der Waals surface area contributed by atoms with Crippen molar-refractivity contribution in [1.82, 2.24) is 4.90 Å². The Bertz CT molecular complexity index is 120. The predicted octanol–water partition coefficient (Wildman–Crippen LogP) is 0.675. The second-order valence-corrected chi connectivity index (χ2v) is 3.81. The molecular formula is C8H18N2. The average Bonchev–Trinajstić information content (AvgIpc) is 2.04. The summed E-state index contributed by atoms with van der Waals surface area (Å²) in [4.78, 5) is 2.31. The molecule has 1 aliphatic heterocycles. The minimum atomic E-state index is 0.0590. The maximum Gasteiger partial charge on any atom is 0.0295 e. The Balaban J connectivity index is 2.58. The molecule has 0 aromatic rings. The first-order valence-corrected chi connectivity index (χ1v) is 4.03. The third-order valence-corrected chi connectivity index (χ3v) is 2.57. The van der Waals surface area contributed by atoms with Crippen LogP contribution in [0.5, 0.6) is 0 Å². The third-order valence-electron chi connectivity index (χ3n) is 2.57. The second-order valence-electron chi connectivity index (χ2n) is 3.81. The number of likely N-dealkylation sites (tertiary alicyclic amines) is 1. The Morgan fingerprint density at radius 1 is 1.70 bits per heavy atom. The summed E-state index contributed by atoms with van der Waals surface area (Å²) in [6.07, 6.45) is 1.21. The lowest BCUT2D eigenvalue weighted by Crippen LogP contribution is -2.43. The molecule has 1 heterocycles. The van der Waals surface area contributed by atoms with E-state index in [1.165, 1.54) is 13.0 Å². The van der Waals surface area contributed by atoms with E-state index in [0.717, 1.165) is 6.54 Å². The summed E-state index contributed by atoms with van der Waals surface area (Å²) in [6.45, 7) is 6.59. The van der Waals surface area contributed by atoms with Crippen molar-refractivity contribution >= 4 is 0 Å². The monoisotopic (exact) mass is 142 g/mol. The standard InChI is InChI=1S/C8H18N2/c1-4-7-5-10(3)6-8(7,2)9/h7H,4-6,9H2,1-3H3/t7?,8-/m0/s1. The number of rotatable bonds is 1. The molecule has 0 amide bonds. The van der Waals surface area contributed by atoms with Gasteiger partial charge in [0.2, 0.25) is 0 Å². The third kappa shape index (κ3) is 1.32. The lowest BCUT2D eigenvalue weighted by atomic mass is 9.88. The van der Waals surface area contributed by atoms with Crippen molar-refractivity contribution in [3.8, 4) is 0 Å². The Kier molecular flexibility index (Phi) is 2.02. The molecule has 10 heavy (non-hydrogen) atoms. The molecule has 1 fully saturated rings. The molecule has 2 heteroatoms. The molecule has 0 saturated carbocycles. The van der Waals surface area contributed by atoms with E-state index in [9.17, 15) is 0 Å². The van der Waals surface area contributed by atoms with E-state index >= 15 is 0 Å². The fourth-order valence-corrected chi connectivity index (χ4v) is 1.96. The van der Waals surface area contributed by atoms with E-state index in [1.54, 1.807) is 0 Å². The molecule has 60 valence electrons. The first-order valence-electron chi connectivity index (χ1n) is 4.03. The Hall–Kier alpha value is -0.0800. The van der Waals surface area contributed by atoms with E-state index in [4.69, 9.17) is 5.73 Å². The SMILES string of the molecule is CCC1CN(C)C[C@]1(C)N. The highest BCUT2D eigenvalue weighted by atomic mass is 15.2. The number of nitrogens with two attached hydrogens (primary N) is 1. The molecule has 2 N–H and O–H groups in total. The molecule has 0 aromatic carbocycles. The first-order chi connectivity index (χ1) is 4.56. The summed E-state index contributed by atoms with van der Waals surface area (Å²) >= 11 is 0. The molecule has 1 rings (SSSR count). The second kappa shape index (κ2) is 2.51. The van der Waals surface area contributed by atoms with Gasteiger partial charge in [-0.2, -0.15) is 0 Å². The van der Waals surface area contributed by atoms with Crippen LogP contribution in [0.2, 0.25) is 0 Å². The van der Waals surface area contributed by atoms with Gasteiger partial charge in [-0.15, -0.1) is 0 Å². The first kappa shape index (κ1) is 8.02. The quantitative estimate of drug-likeness (QED) is 0.583.